The van der Waals surface area contributed by atoms with Gasteiger partial charge in [0.1, 0.15) is 0 Å². The summed E-state index contributed by atoms with van der Waals surface area (Å²) in [5, 5.41) is 0. The standard InChI is InChI=1S/6C6H5.2Sn.Te/c6*1-2-4-6-5-3-1;;;/h6*1-5H;;;. The first-order valence-electron chi connectivity index (χ1n) is 13.0. The zero-order valence-corrected chi connectivity index (χ0v) is 29.8. The fourth-order valence-corrected chi connectivity index (χ4v) is 19.3. The summed E-state index contributed by atoms with van der Waals surface area (Å²) in [6, 6.07) is 65.9. The van der Waals surface area contributed by atoms with Crippen LogP contribution in [0, 0.1) is 0 Å². The number of benzene rings is 6. The Morgan fingerprint density at radius 2 is 0.333 bits per heavy atom. The van der Waals surface area contributed by atoms with Crippen molar-refractivity contribution in [1.29, 1.82) is 0 Å². The van der Waals surface area contributed by atoms with Crippen LogP contribution in [-0.2, 0) is 0 Å². The van der Waals surface area contributed by atoms with E-state index in [1.165, 1.54) is 21.5 Å². The van der Waals surface area contributed by atoms with Crippen LogP contribution in [0.25, 0.3) is 0 Å². The molecule has 0 atom stereocenters. The third-order valence-electron chi connectivity index (χ3n) is 6.37. The molecular formula is C36H30Sn2Te. The number of hydrogen-bond donors (Lipinski definition) is 0. The van der Waals surface area contributed by atoms with Gasteiger partial charge in [-0.05, 0) is 0 Å². The topological polar surface area (TPSA) is 0 Å². The molecule has 0 nitrogen and oxygen atoms in total. The summed E-state index contributed by atoms with van der Waals surface area (Å²) in [6.07, 6.45) is 0. The monoisotopic (exact) mass is 832 g/mol. The molecule has 0 amide bonds. The average molecular weight is 828 g/mol. The van der Waals surface area contributed by atoms with Gasteiger partial charge in [-0.25, -0.2) is 0 Å². The molecule has 0 fully saturated rings. The van der Waals surface area contributed by atoms with E-state index >= 15 is 0 Å². The maximum atomic E-state index is 2.29. The summed E-state index contributed by atoms with van der Waals surface area (Å²) in [7, 11) is 0. The quantitative estimate of drug-likeness (QED) is 0.223. The second-order valence-corrected chi connectivity index (χ2v) is 23.1. The van der Waals surface area contributed by atoms with Crippen molar-refractivity contribution in [3.8, 4) is 0 Å². The van der Waals surface area contributed by atoms with Crippen molar-refractivity contribution in [2.45, 2.75) is 0 Å². The Balaban J connectivity index is 0.000000176. The normalized spacial score (nSPS) is 10.3. The molecule has 0 heterocycles. The molecule has 0 saturated heterocycles. The van der Waals surface area contributed by atoms with Gasteiger partial charge in [-0.3, -0.25) is 0 Å². The van der Waals surface area contributed by atoms with Crippen LogP contribution >= 0.6 is 0 Å². The SMILES string of the molecule is [Te].c1cc[c]([Sn]([c]2ccccc2)[c]2ccccc2)cc1.c1cc[c]([Sn]([c]2ccccc2)[c]2ccccc2)cc1. The minimum atomic E-state index is -1.98. The van der Waals surface area contributed by atoms with E-state index in [2.05, 4.69) is 182 Å². The molecule has 6 aromatic rings. The predicted molar refractivity (Wildman–Crippen MR) is 174 cm³/mol. The van der Waals surface area contributed by atoms with Gasteiger partial charge >= 0.3 is 243 Å². The van der Waals surface area contributed by atoms with E-state index in [1.807, 2.05) is 0 Å². The molecule has 0 bridgehead atoms. The van der Waals surface area contributed by atoms with E-state index in [4.69, 9.17) is 0 Å². The molecule has 0 aliphatic rings. The van der Waals surface area contributed by atoms with Gasteiger partial charge in [-0.15, -0.1) is 0 Å². The van der Waals surface area contributed by atoms with Crippen molar-refractivity contribution >= 4 is 84.7 Å². The fraction of sp³-hybridized carbons (Fsp3) is 0. The molecule has 0 N–H and O–H groups in total. The molecule has 188 valence electrons. The molecule has 6 rings (SSSR count). The first kappa shape index (κ1) is 29.7. The van der Waals surface area contributed by atoms with Crippen LogP contribution in [0.5, 0.6) is 0 Å². The zero-order chi connectivity index (χ0) is 25.8. The first-order chi connectivity index (χ1) is 18.9. The molecule has 0 spiro atoms. The summed E-state index contributed by atoms with van der Waals surface area (Å²) in [5.74, 6) is 0. The van der Waals surface area contributed by atoms with E-state index in [-0.39, 0.29) is 23.7 Å². The van der Waals surface area contributed by atoms with Gasteiger partial charge in [0.05, 0.1) is 0 Å². The molecule has 6 aromatic carbocycles. The molecular weight excluding hydrogens is 797 g/mol. The average Bonchev–Trinajstić information content (AvgIpc) is 3.01. The Bertz CT molecular complexity index is 1170. The van der Waals surface area contributed by atoms with Crippen LogP contribution < -0.4 is 21.5 Å². The summed E-state index contributed by atoms with van der Waals surface area (Å²) < 4.78 is 9.18. The van der Waals surface area contributed by atoms with Crippen LogP contribution in [0.1, 0.15) is 0 Å². The van der Waals surface area contributed by atoms with Crippen LogP contribution in [0.2, 0.25) is 0 Å². The Kier molecular flexibility index (Phi) is 12.2. The zero-order valence-electron chi connectivity index (χ0n) is 21.7. The van der Waals surface area contributed by atoms with Gasteiger partial charge in [-0.1, -0.05) is 0 Å². The Morgan fingerprint density at radius 3 is 0.462 bits per heavy atom. The summed E-state index contributed by atoms with van der Waals surface area (Å²) >= 11 is -3.96. The molecule has 0 aliphatic heterocycles. The third-order valence-corrected chi connectivity index (χ3v) is 22.0. The fourth-order valence-electron chi connectivity index (χ4n) is 4.63. The van der Waals surface area contributed by atoms with Gasteiger partial charge in [0.15, 0.2) is 0 Å². The summed E-state index contributed by atoms with van der Waals surface area (Å²) in [6.45, 7) is 0. The second-order valence-electron chi connectivity index (χ2n) is 8.95. The first-order valence-corrected chi connectivity index (χ1v) is 21.5. The Morgan fingerprint density at radius 1 is 0.205 bits per heavy atom. The molecule has 4 radical (unpaired) electrons. The van der Waals surface area contributed by atoms with Gasteiger partial charge < -0.3 is 0 Å². The second kappa shape index (κ2) is 16.1. The summed E-state index contributed by atoms with van der Waals surface area (Å²) in [5.41, 5.74) is 0. The summed E-state index contributed by atoms with van der Waals surface area (Å²) in [4.78, 5) is 0. The Labute approximate surface area is 264 Å². The predicted octanol–water partition coefficient (Wildman–Crippen LogP) is 4.02. The maximum absolute atomic E-state index is 2.29. The van der Waals surface area contributed by atoms with Crippen LogP contribution in [0.4, 0.5) is 0 Å². The van der Waals surface area contributed by atoms with Crippen LogP contribution in [0.3, 0.4) is 0 Å². The van der Waals surface area contributed by atoms with Gasteiger partial charge in [0.2, 0.25) is 0 Å². The van der Waals surface area contributed by atoms with E-state index in [9.17, 15) is 0 Å². The van der Waals surface area contributed by atoms with Crippen molar-refractivity contribution < 1.29 is 0 Å². The molecule has 0 aliphatic carbocycles. The molecule has 0 aromatic heterocycles. The Hall–Kier alpha value is -2.29. The van der Waals surface area contributed by atoms with Crippen LogP contribution in [0.15, 0.2) is 182 Å². The van der Waals surface area contributed by atoms with Gasteiger partial charge in [0.25, 0.3) is 0 Å². The van der Waals surface area contributed by atoms with E-state index in [0.29, 0.717) is 0 Å². The third kappa shape index (κ3) is 8.35. The molecule has 3 heteroatoms. The van der Waals surface area contributed by atoms with Gasteiger partial charge in [0, 0.05) is 23.7 Å². The van der Waals surface area contributed by atoms with Gasteiger partial charge in [-0.2, -0.15) is 0 Å². The molecule has 0 saturated carbocycles. The van der Waals surface area contributed by atoms with E-state index in [0.717, 1.165) is 0 Å². The van der Waals surface area contributed by atoms with Crippen LogP contribution in [-0.4, -0.2) is 63.2 Å². The van der Waals surface area contributed by atoms with E-state index < -0.39 is 39.5 Å². The van der Waals surface area contributed by atoms with Crippen molar-refractivity contribution in [2.24, 2.45) is 0 Å². The van der Waals surface area contributed by atoms with Crippen molar-refractivity contribution in [2.75, 3.05) is 0 Å². The molecule has 0 unspecified atom stereocenters. The van der Waals surface area contributed by atoms with E-state index in [1.54, 1.807) is 0 Å². The van der Waals surface area contributed by atoms with Crippen molar-refractivity contribution in [1.82, 2.24) is 0 Å². The number of hydrogen-bond acceptors (Lipinski definition) is 0. The molecule has 39 heavy (non-hydrogen) atoms. The number of rotatable bonds is 6. The van der Waals surface area contributed by atoms with Crippen molar-refractivity contribution in [3.05, 3.63) is 182 Å². The minimum absolute atomic E-state index is 0. The van der Waals surface area contributed by atoms with Crippen molar-refractivity contribution in [3.63, 3.8) is 0 Å².